The van der Waals surface area contributed by atoms with Gasteiger partial charge in [0.1, 0.15) is 5.82 Å². The molecular formula is C18H18ClFN2O3S. The number of benzene rings is 2. The summed E-state index contributed by atoms with van der Waals surface area (Å²) in [6.07, 6.45) is 1.18. The number of rotatable bonds is 4. The highest BCUT2D eigenvalue weighted by Crippen LogP contribution is 2.25. The highest BCUT2D eigenvalue weighted by atomic mass is 35.5. The van der Waals surface area contributed by atoms with Crippen LogP contribution < -0.4 is 5.32 Å². The van der Waals surface area contributed by atoms with Crippen molar-refractivity contribution >= 4 is 33.2 Å². The summed E-state index contributed by atoms with van der Waals surface area (Å²) in [5.41, 5.74) is 0.379. The normalized spacial score (nSPS) is 18.5. The van der Waals surface area contributed by atoms with Crippen molar-refractivity contribution in [2.45, 2.75) is 17.7 Å². The minimum atomic E-state index is -3.63. The summed E-state index contributed by atoms with van der Waals surface area (Å²) in [5.74, 6) is -1.35. The topological polar surface area (TPSA) is 66.5 Å². The molecule has 2 aromatic carbocycles. The molecule has 1 atom stereocenters. The van der Waals surface area contributed by atoms with Crippen LogP contribution in [0.2, 0.25) is 5.02 Å². The molecule has 1 N–H and O–H groups in total. The summed E-state index contributed by atoms with van der Waals surface area (Å²) in [4.78, 5) is 12.7. The van der Waals surface area contributed by atoms with E-state index >= 15 is 0 Å². The summed E-state index contributed by atoms with van der Waals surface area (Å²) in [6.45, 7) is 0.487. The number of hydrogen-bond donors (Lipinski definition) is 1. The number of halogens is 2. The Hall–Kier alpha value is -1.96. The molecule has 0 radical (unpaired) electrons. The lowest BCUT2D eigenvalue weighted by atomic mass is 9.99. The van der Waals surface area contributed by atoms with Crippen LogP contribution in [0.1, 0.15) is 12.8 Å². The predicted octanol–water partition coefficient (Wildman–Crippen LogP) is 3.52. The van der Waals surface area contributed by atoms with Gasteiger partial charge in [-0.05, 0) is 43.2 Å². The maximum Gasteiger partial charge on any atom is 0.243 e. The molecule has 138 valence electrons. The molecule has 1 aliphatic rings. The summed E-state index contributed by atoms with van der Waals surface area (Å²) in [7, 11) is -3.63. The van der Waals surface area contributed by atoms with Crippen molar-refractivity contribution in [2.75, 3.05) is 18.4 Å². The van der Waals surface area contributed by atoms with Gasteiger partial charge < -0.3 is 5.32 Å². The van der Waals surface area contributed by atoms with Crippen molar-refractivity contribution in [2.24, 2.45) is 5.92 Å². The van der Waals surface area contributed by atoms with E-state index in [1.807, 2.05) is 0 Å². The van der Waals surface area contributed by atoms with Gasteiger partial charge in [-0.1, -0.05) is 29.8 Å². The Bertz CT molecular complexity index is 906. The van der Waals surface area contributed by atoms with Crippen molar-refractivity contribution < 1.29 is 17.6 Å². The zero-order chi connectivity index (χ0) is 18.7. The zero-order valence-corrected chi connectivity index (χ0v) is 15.4. The zero-order valence-electron chi connectivity index (χ0n) is 13.9. The van der Waals surface area contributed by atoms with E-state index in [0.29, 0.717) is 25.1 Å². The molecule has 0 aromatic heterocycles. The van der Waals surface area contributed by atoms with Crippen LogP contribution in [0, 0.1) is 11.7 Å². The number of hydrogen-bond acceptors (Lipinski definition) is 3. The second-order valence-corrected chi connectivity index (χ2v) is 8.48. The molecule has 8 heteroatoms. The molecule has 3 rings (SSSR count). The van der Waals surface area contributed by atoms with Crippen LogP contribution in [-0.2, 0) is 14.8 Å². The van der Waals surface area contributed by atoms with E-state index < -0.39 is 21.8 Å². The first-order valence-corrected chi connectivity index (χ1v) is 10.0. The first-order valence-electron chi connectivity index (χ1n) is 8.19. The lowest BCUT2D eigenvalue weighted by Crippen LogP contribution is -2.43. The highest BCUT2D eigenvalue weighted by Gasteiger charge is 2.33. The number of piperidine rings is 1. The predicted molar refractivity (Wildman–Crippen MR) is 98.0 cm³/mol. The molecule has 26 heavy (non-hydrogen) atoms. The maximum atomic E-state index is 13.2. The largest absolute Gasteiger partial charge is 0.326 e. The van der Waals surface area contributed by atoms with Crippen LogP contribution in [0.5, 0.6) is 0 Å². The molecule has 2 aromatic rings. The Morgan fingerprint density at radius 2 is 1.92 bits per heavy atom. The van der Waals surface area contributed by atoms with Gasteiger partial charge in [0.05, 0.1) is 15.8 Å². The number of carbonyl (C=O) groups excluding carboxylic acids is 1. The van der Waals surface area contributed by atoms with E-state index in [2.05, 4.69) is 5.32 Å². The van der Waals surface area contributed by atoms with Gasteiger partial charge >= 0.3 is 0 Å². The van der Waals surface area contributed by atoms with Crippen molar-refractivity contribution in [3.8, 4) is 0 Å². The molecule has 0 saturated carbocycles. The first-order chi connectivity index (χ1) is 12.4. The van der Waals surface area contributed by atoms with Crippen molar-refractivity contribution in [1.29, 1.82) is 0 Å². The molecule has 1 aliphatic heterocycles. The third-order valence-corrected chi connectivity index (χ3v) is 6.49. The minimum Gasteiger partial charge on any atom is -0.326 e. The van der Waals surface area contributed by atoms with Crippen LogP contribution in [0.4, 0.5) is 10.1 Å². The fourth-order valence-electron chi connectivity index (χ4n) is 2.93. The van der Waals surface area contributed by atoms with Crippen LogP contribution in [0.25, 0.3) is 0 Å². The summed E-state index contributed by atoms with van der Waals surface area (Å²) in [6, 6.07) is 12.1. The maximum absolute atomic E-state index is 13.2. The third-order valence-electron chi connectivity index (χ3n) is 4.32. The first kappa shape index (κ1) is 18.8. The highest BCUT2D eigenvalue weighted by molar-refractivity contribution is 7.89. The average molecular weight is 397 g/mol. The lowest BCUT2D eigenvalue weighted by molar-refractivity contribution is -0.120. The SMILES string of the molecule is O=C(Nc1ccc(F)c(Cl)c1)[C@H]1CCCN(S(=O)(=O)c2ccccc2)C1. The fourth-order valence-corrected chi connectivity index (χ4v) is 4.66. The second kappa shape index (κ2) is 7.73. The smallest absolute Gasteiger partial charge is 0.243 e. The van der Waals surface area contributed by atoms with Crippen molar-refractivity contribution in [3.63, 3.8) is 0 Å². The lowest BCUT2D eigenvalue weighted by Gasteiger charge is -2.31. The molecule has 1 heterocycles. The van der Waals surface area contributed by atoms with E-state index in [4.69, 9.17) is 11.6 Å². The van der Waals surface area contributed by atoms with Gasteiger partial charge in [-0.2, -0.15) is 4.31 Å². The monoisotopic (exact) mass is 396 g/mol. The molecular weight excluding hydrogens is 379 g/mol. The second-order valence-electron chi connectivity index (χ2n) is 6.13. The van der Waals surface area contributed by atoms with Gasteiger partial charge in [-0.25, -0.2) is 12.8 Å². The quantitative estimate of drug-likeness (QED) is 0.859. The molecule has 1 fully saturated rings. The van der Waals surface area contributed by atoms with Gasteiger partial charge in [0.2, 0.25) is 15.9 Å². The molecule has 1 amide bonds. The third kappa shape index (κ3) is 4.06. The van der Waals surface area contributed by atoms with Gasteiger partial charge in [-0.3, -0.25) is 4.79 Å². The summed E-state index contributed by atoms with van der Waals surface area (Å²) < 4.78 is 40.0. The number of nitrogens with one attached hydrogen (secondary N) is 1. The van der Waals surface area contributed by atoms with Gasteiger partial charge in [-0.15, -0.1) is 0 Å². The van der Waals surface area contributed by atoms with E-state index in [1.165, 1.54) is 22.5 Å². The molecule has 0 unspecified atom stereocenters. The van der Waals surface area contributed by atoms with Crippen molar-refractivity contribution in [1.82, 2.24) is 4.31 Å². The van der Waals surface area contributed by atoms with Gasteiger partial charge in [0, 0.05) is 18.8 Å². The van der Waals surface area contributed by atoms with Gasteiger partial charge in [0.25, 0.3) is 0 Å². The number of amides is 1. The minimum absolute atomic E-state index is 0.0836. The fraction of sp³-hybridized carbons (Fsp3) is 0.278. The number of carbonyl (C=O) groups is 1. The number of anilines is 1. The van der Waals surface area contributed by atoms with E-state index in [1.54, 1.807) is 30.3 Å². The Kier molecular flexibility index (Phi) is 5.60. The van der Waals surface area contributed by atoms with Crippen LogP contribution in [0.15, 0.2) is 53.4 Å². The van der Waals surface area contributed by atoms with Crippen LogP contribution >= 0.6 is 11.6 Å². The van der Waals surface area contributed by atoms with E-state index in [-0.39, 0.29) is 22.4 Å². The number of nitrogens with zero attached hydrogens (tertiary/aromatic N) is 1. The Balaban J connectivity index is 1.71. The molecule has 0 spiro atoms. The summed E-state index contributed by atoms with van der Waals surface area (Å²) >= 11 is 5.72. The van der Waals surface area contributed by atoms with Gasteiger partial charge in [0.15, 0.2) is 0 Å². The van der Waals surface area contributed by atoms with E-state index in [0.717, 1.165) is 0 Å². The van der Waals surface area contributed by atoms with Crippen molar-refractivity contribution in [3.05, 3.63) is 59.4 Å². The Morgan fingerprint density at radius 1 is 1.19 bits per heavy atom. The molecule has 5 nitrogen and oxygen atoms in total. The molecule has 0 bridgehead atoms. The Labute approximate surface area is 156 Å². The Morgan fingerprint density at radius 3 is 2.62 bits per heavy atom. The summed E-state index contributed by atoms with van der Waals surface area (Å²) in [5, 5.41) is 2.60. The standard InChI is InChI=1S/C18H18ClFN2O3S/c19-16-11-14(8-9-17(16)20)21-18(23)13-5-4-10-22(12-13)26(24,25)15-6-2-1-3-7-15/h1-3,6-9,11,13H,4-5,10,12H2,(H,21,23)/t13-/m0/s1. The molecule has 0 aliphatic carbocycles. The molecule has 1 saturated heterocycles. The van der Waals surface area contributed by atoms with E-state index in [9.17, 15) is 17.6 Å². The average Bonchev–Trinajstić information content (AvgIpc) is 2.65. The number of sulfonamides is 1. The van der Waals surface area contributed by atoms with Crippen LogP contribution in [-0.4, -0.2) is 31.7 Å². The van der Waals surface area contributed by atoms with Crippen LogP contribution in [0.3, 0.4) is 0 Å².